The molecule has 0 fully saturated rings. The van der Waals surface area contributed by atoms with E-state index in [1.54, 1.807) is 11.3 Å². The largest absolute Gasteiger partial charge is 0.375 e. The molecular weight excluding hydrogens is 228 g/mol. The van der Waals surface area contributed by atoms with E-state index in [1.807, 2.05) is 0 Å². The van der Waals surface area contributed by atoms with Crippen molar-refractivity contribution in [2.75, 3.05) is 5.73 Å². The van der Waals surface area contributed by atoms with Gasteiger partial charge < -0.3 is 5.73 Å². The van der Waals surface area contributed by atoms with Crippen LogP contribution in [-0.2, 0) is 12.8 Å². The number of nitrogens with two attached hydrogens (primary N) is 1. The molecule has 2 rings (SSSR count). The molecule has 0 bridgehead atoms. The van der Waals surface area contributed by atoms with Gasteiger partial charge in [-0.15, -0.1) is 11.3 Å². The Morgan fingerprint density at radius 3 is 2.41 bits per heavy atom. The van der Waals surface area contributed by atoms with Crippen molar-refractivity contribution < 1.29 is 0 Å². The number of hydrogen-bond donors (Lipinski definition) is 1. The van der Waals surface area contributed by atoms with Crippen LogP contribution in [0.3, 0.4) is 0 Å². The van der Waals surface area contributed by atoms with Gasteiger partial charge in [0, 0.05) is 11.3 Å². The summed E-state index contributed by atoms with van der Waals surface area (Å²) in [7, 11) is 0. The summed E-state index contributed by atoms with van der Waals surface area (Å²) < 4.78 is 0. The summed E-state index contributed by atoms with van der Waals surface area (Å²) >= 11 is 1.61. The molecule has 3 heteroatoms. The van der Waals surface area contributed by atoms with Crippen molar-refractivity contribution in [1.82, 2.24) is 4.98 Å². The Morgan fingerprint density at radius 2 is 1.82 bits per heavy atom. The molecule has 0 saturated heterocycles. The fourth-order valence-electron chi connectivity index (χ4n) is 2.17. The number of rotatable bonds is 3. The predicted molar refractivity (Wildman–Crippen MR) is 74.6 cm³/mol. The lowest BCUT2D eigenvalue weighted by molar-refractivity contribution is 1.02. The monoisotopic (exact) mass is 246 g/mol. The number of anilines is 1. The van der Waals surface area contributed by atoms with Crippen LogP contribution in [0.4, 0.5) is 5.13 Å². The SMILES string of the molecule is CCc1nc(N)sc1Cc1cc(C)cc(C)c1. The summed E-state index contributed by atoms with van der Waals surface area (Å²) in [6, 6.07) is 6.68. The quantitative estimate of drug-likeness (QED) is 0.900. The van der Waals surface area contributed by atoms with Crippen molar-refractivity contribution in [3.8, 4) is 0 Å². The minimum absolute atomic E-state index is 0.682. The Hall–Kier alpha value is -1.35. The number of aryl methyl sites for hydroxylation is 3. The van der Waals surface area contributed by atoms with E-state index in [-0.39, 0.29) is 0 Å². The lowest BCUT2D eigenvalue weighted by Gasteiger charge is -2.04. The van der Waals surface area contributed by atoms with E-state index in [0.29, 0.717) is 5.13 Å². The molecule has 90 valence electrons. The average Bonchev–Trinajstić information content (AvgIpc) is 2.57. The van der Waals surface area contributed by atoms with Crippen LogP contribution in [0, 0.1) is 13.8 Å². The lowest BCUT2D eigenvalue weighted by atomic mass is 10.0. The summed E-state index contributed by atoms with van der Waals surface area (Å²) in [4.78, 5) is 5.67. The summed E-state index contributed by atoms with van der Waals surface area (Å²) in [6.45, 7) is 6.40. The predicted octanol–water partition coefficient (Wildman–Crippen LogP) is 3.50. The maximum Gasteiger partial charge on any atom is 0.180 e. The van der Waals surface area contributed by atoms with E-state index in [9.17, 15) is 0 Å². The third-order valence-electron chi connectivity index (χ3n) is 2.78. The standard InChI is InChI=1S/C14H18N2S/c1-4-12-13(17-14(15)16-12)8-11-6-9(2)5-10(3)7-11/h5-7H,4,8H2,1-3H3,(H2,15,16). The van der Waals surface area contributed by atoms with Crippen LogP contribution in [0.1, 0.15) is 34.2 Å². The van der Waals surface area contributed by atoms with Gasteiger partial charge >= 0.3 is 0 Å². The topological polar surface area (TPSA) is 38.9 Å². The number of nitrogens with zero attached hydrogens (tertiary/aromatic N) is 1. The second kappa shape index (κ2) is 4.88. The van der Waals surface area contributed by atoms with Crippen molar-refractivity contribution in [3.05, 3.63) is 45.5 Å². The Morgan fingerprint density at radius 1 is 1.18 bits per heavy atom. The highest BCUT2D eigenvalue weighted by Crippen LogP contribution is 2.24. The number of hydrogen-bond acceptors (Lipinski definition) is 3. The Labute approximate surface area is 107 Å². The minimum atomic E-state index is 0.682. The average molecular weight is 246 g/mol. The maximum absolute atomic E-state index is 5.78. The highest BCUT2D eigenvalue weighted by atomic mass is 32.1. The molecule has 0 amide bonds. The van der Waals surface area contributed by atoms with Gasteiger partial charge in [-0.1, -0.05) is 36.2 Å². The molecule has 0 saturated carbocycles. The normalized spacial score (nSPS) is 10.8. The summed E-state index contributed by atoms with van der Waals surface area (Å²) in [6.07, 6.45) is 1.90. The first kappa shape index (κ1) is 12.1. The van der Waals surface area contributed by atoms with Gasteiger partial charge in [0.1, 0.15) is 0 Å². The molecule has 0 aliphatic heterocycles. The molecule has 0 aliphatic carbocycles. The van der Waals surface area contributed by atoms with Crippen molar-refractivity contribution in [2.24, 2.45) is 0 Å². The van der Waals surface area contributed by atoms with Gasteiger partial charge in [0.15, 0.2) is 5.13 Å². The molecule has 1 heterocycles. The summed E-state index contributed by atoms with van der Waals surface area (Å²) in [5.41, 5.74) is 10.9. The molecule has 2 aromatic rings. The molecule has 0 atom stereocenters. The first-order valence-corrected chi connectivity index (χ1v) is 6.71. The molecule has 0 spiro atoms. The third-order valence-corrected chi connectivity index (χ3v) is 3.70. The van der Waals surface area contributed by atoms with Crippen LogP contribution in [0.5, 0.6) is 0 Å². The van der Waals surface area contributed by atoms with Gasteiger partial charge in [-0.05, 0) is 25.8 Å². The molecule has 0 radical (unpaired) electrons. The smallest absolute Gasteiger partial charge is 0.180 e. The van der Waals surface area contributed by atoms with Gasteiger partial charge in [0.25, 0.3) is 0 Å². The summed E-state index contributed by atoms with van der Waals surface area (Å²) in [5.74, 6) is 0. The lowest BCUT2D eigenvalue weighted by Crippen LogP contribution is -1.92. The van der Waals surface area contributed by atoms with E-state index >= 15 is 0 Å². The van der Waals surface area contributed by atoms with Crippen LogP contribution in [-0.4, -0.2) is 4.98 Å². The second-order valence-corrected chi connectivity index (χ2v) is 5.56. The number of nitrogen functional groups attached to an aromatic ring is 1. The zero-order chi connectivity index (χ0) is 12.4. The van der Waals surface area contributed by atoms with Crippen molar-refractivity contribution >= 4 is 16.5 Å². The van der Waals surface area contributed by atoms with Crippen LogP contribution in [0.25, 0.3) is 0 Å². The molecular formula is C14H18N2S. The van der Waals surface area contributed by atoms with E-state index in [2.05, 4.69) is 44.0 Å². The van der Waals surface area contributed by atoms with E-state index in [1.165, 1.54) is 21.6 Å². The van der Waals surface area contributed by atoms with Crippen LogP contribution >= 0.6 is 11.3 Å². The molecule has 1 aromatic heterocycles. The molecule has 2 nitrogen and oxygen atoms in total. The van der Waals surface area contributed by atoms with Gasteiger partial charge in [-0.25, -0.2) is 4.98 Å². The molecule has 0 aliphatic rings. The fourth-order valence-corrected chi connectivity index (χ4v) is 3.13. The number of benzene rings is 1. The molecule has 1 aromatic carbocycles. The molecule has 2 N–H and O–H groups in total. The first-order valence-electron chi connectivity index (χ1n) is 5.89. The Kier molecular flexibility index (Phi) is 3.48. The highest BCUT2D eigenvalue weighted by molar-refractivity contribution is 7.15. The van der Waals surface area contributed by atoms with Gasteiger partial charge in [0.2, 0.25) is 0 Å². The Balaban J connectivity index is 2.30. The zero-order valence-corrected chi connectivity index (χ0v) is 11.4. The van der Waals surface area contributed by atoms with Crippen LogP contribution in [0.15, 0.2) is 18.2 Å². The van der Waals surface area contributed by atoms with E-state index in [4.69, 9.17) is 5.73 Å². The molecule has 0 unspecified atom stereocenters. The third kappa shape index (κ3) is 2.86. The fraction of sp³-hybridized carbons (Fsp3) is 0.357. The molecule has 17 heavy (non-hydrogen) atoms. The van der Waals surface area contributed by atoms with Gasteiger partial charge in [-0.3, -0.25) is 0 Å². The second-order valence-electron chi connectivity index (χ2n) is 4.45. The van der Waals surface area contributed by atoms with Crippen molar-refractivity contribution in [2.45, 2.75) is 33.6 Å². The Bertz CT molecular complexity index is 509. The van der Waals surface area contributed by atoms with E-state index in [0.717, 1.165) is 18.5 Å². The van der Waals surface area contributed by atoms with Crippen LogP contribution in [0.2, 0.25) is 0 Å². The maximum atomic E-state index is 5.78. The number of thiazole rings is 1. The van der Waals surface area contributed by atoms with Crippen molar-refractivity contribution in [1.29, 1.82) is 0 Å². The van der Waals surface area contributed by atoms with E-state index < -0.39 is 0 Å². The summed E-state index contributed by atoms with van der Waals surface area (Å²) in [5, 5.41) is 0.682. The van der Waals surface area contributed by atoms with Gasteiger partial charge in [0.05, 0.1) is 5.69 Å². The van der Waals surface area contributed by atoms with Gasteiger partial charge in [-0.2, -0.15) is 0 Å². The van der Waals surface area contributed by atoms with Crippen molar-refractivity contribution in [3.63, 3.8) is 0 Å². The zero-order valence-electron chi connectivity index (χ0n) is 10.6. The highest BCUT2D eigenvalue weighted by Gasteiger charge is 2.08. The first-order chi connectivity index (χ1) is 8.08. The van der Waals surface area contributed by atoms with Crippen LogP contribution < -0.4 is 5.73 Å². The number of aromatic nitrogens is 1. The minimum Gasteiger partial charge on any atom is -0.375 e.